The molecule has 5 heteroatoms. The van der Waals surface area contributed by atoms with Crippen molar-refractivity contribution in [1.82, 2.24) is 9.38 Å². The van der Waals surface area contributed by atoms with Crippen LogP contribution in [0.3, 0.4) is 0 Å². The van der Waals surface area contributed by atoms with Crippen LogP contribution in [0.1, 0.15) is 10.5 Å². The zero-order valence-corrected chi connectivity index (χ0v) is 15.9. The molecule has 0 bridgehead atoms. The average Bonchev–Trinajstić information content (AvgIpc) is 2.90. The van der Waals surface area contributed by atoms with E-state index in [1.54, 1.807) is 6.20 Å². The summed E-state index contributed by atoms with van der Waals surface area (Å²) in [5.41, 5.74) is 2.01. The summed E-state index contributed by atoms with van der Waals surface area (Å²) in [6.07, 6.45) is 3.92. The minimum absolute atomic E-state index is 0.185. The van der Waals surface area contributed by atoms with Crippen LogP contribution < -0.4 is 8.90 Å². The number of rotatable bonds is 3. The van der Waals surface area contributed by atoms with Crippen LogP contribution in [0.25, 0.3) is 5.65 Å². The average molecular weight is 400 g/mol. The molecular weight excluding hydrogens is 381 g/mol. The number of amides is 1. The molecule has 1 amide bonds. The number of carbonyl (C=O) groups excluding carboxylic acids is 1. The van der Waals surface area contributed by atoms with Crippen LogP contribution in [0.2, 0.25) is 14.8 Å². The van der Waals surface area contributed by atoms with E-state index in [-0.39, 0.29) is 5.91 Å². The van der Waals surface area contributed by atoms with Gasteiger partial charge < -0.3 is 0 Å². The van der Waals surface area contributed by atoms with Crippen LogP contribution >= 0.6 is 0 Å². The first-order valence-corrected chi connectivity index (χ1v) is 17.3. The summed E-state index contributed by atoms with van der Waals surface area (Å²) in [4.78, 5) is 23.8. The van der Waals surface area contributed by atoms with Gasteiger partial charge in [-0.05, 0) is 0 Å². The molecule has 1 aromatic carbocycles. The number of pyridine rings is 1. The summed E-state index contributed by atoms with van der Waals surface area (Å²) in [5.74, 6) is -0.185. The molecule has 0 spiro atoms. The number of aromatic nitrogens is 2. The molecule has 22 heavy (non-hydrogen) atoms. The Bertz CT molecular complexity index is 819. The summed E-state index contributed by atoms with van der Waals surface area (Å²) in [6.45, 7) is 0. The van der Waals surface area contributed by atoms with Gasteiger partial charge in [0.05, 0.1) is 0 Å². The molecule has 0 saturated carbocycles. The Kier molecular flexibility index (Phi) is 3.95. The summed E-state index contributed by atoms with van der Waals surface area (Å²) in [6, 6.07) is 13.6. The number of carbonyl (C=O) groups is 1. The first-order valence-electron chi connectivity index (χ1n) is 7.29. The Labute approximate surface area is 134 Å². The van der Waals surface area contributed by atoms with Gasteiger partial charge in [-0.15, -0.1) is 0 Å². The molecule has 2 aromatic heterocycles. The van der Waals surface area contributed by atoms with Crippen molar-refractivity contribution >= 4 is 39.2 Å². The Morgan fingerprint density at radius 1 is 1.05 bits per heavy atom. The molecule has 0 fully saturated rings. The van der Waals surface area contributed by atoms with Gasteiger partial charge in [-0.2, -0.15) is 0 Å². The molecule has 0 unspecified atom stereocenters. The Morgan fingerprint density at radius 3 is 2.45 bits per heavy atom. The third kappa shape index (κ3) is 3.16. The van der Waals surface area contributed by atoms with Crippen LogP contribution in [0.5, 0.6) is 0 Å². The molecule has 2 heterocycles. The van der Waals surface area contributed by atoms with Crippen molar-refractivity contribution in [2.24, 2.45) is 0 Å². The Morgan fingerprint density at radius 2 is 1.77 bits per heavy atom. The van der Waals surface area contributed by atoms with Crippen LogP contribution in [0.4, 0.5) is 5.69 Å². The van der Waals surface area contributed by atoms with E-state index < -0.39 is 18.4 Å². The molecule has 0 aliphatic heterocycles. The number of imidazole rings is 1. The zero-order chi connectivity index (χ0) is 15.7. The third-order valence-electron chi connectivity index (χ3n) is 3.58. The predicted molar refractivity (Wildman–Crippen MR) is 92.6 cm³/mol. The van der Waals surface area contributed by atoms with Gasteiger partial charge in [0, 0.05) is 0 Å². The van der Waals surface area contributed by atoms with Crippen molar-refractivity contribution in [2.45, 2.75) is 14.8 Å². The van der Waals surface area contributed by atoms with Gasteiger partial charge in [-0.3, -0.25) is 0 Å². The fourth-order valence-electron chi connectivity index (χ4n) is 2.26. The normalized spacial score (nSPS) is 11.6. The van der Waals surface area contributed by atoms with Gasteiger partial charge in [0.2, 0.25) is 0 Å². The molecular formula is C17H19N3OSn. The minimum atomic E-state index is -2.12. The van der Waals surface area contributed by atoms with Gasteiger partial charge in [-0.25, -0.2) is 0 Å². The standard InChI is InChI=1S/C14H10N3O.3CH3.Sn/c18-14(15-11-6-2-1-3-7-11)12-10-17-9-5-4-8-13(17)16-12;;;;/h1-4,6-10H,(H,15,18);3*1H3;. The second kappa shape index (κ2) is 5.76. The third-order valence-corrected chi connectivity index (χ3v) is 9.37. The van der Waals surface area contributed by atoms with E-state index in [1.807, 2.05) is 40.8 Å². The summed E-state index contributed by atoms with van der Waals surface area (Å²) >= 11 is -2.12. The van der Waals surface area contributed by atoms with E-state index in [2.05, 4.69) is 37.4 Å². The number of anilines is 1. The van der Waals surface area contributed by atoms with Gasteiger partial charge in [0.1, 0.15) is 0 Å². The second-order valence-electron chi connectivity index (χ2n) is 6.38. The fourth-order valence-corrected chi connectivity index (χ4v) is 5.43. The molecule has 0 aliphatic carbocycles. The molecule has 0 aliphatic rings. The number of fused-ring (bicyclic) bond motifs is 1. The maximum absolute atomic E-state index is 12.3. The van der Waals surface area contributed by atoms with Crippen molar-refractivity contribution in [1.29, 1.82) is 0 Å². The van der Waals surface area contributed by atoms with E-state index in [0.29, 0.717) is 5.69 Å². The van der Waals surface area contributed by atoms with E-state index in [4.69, 9.17) is 0 Å². The number of nitrogens with zero attached hydrogens (tertiary/aromatic N) is 2. The first-order chi connectivity index (χ1) is 10.4. The number of nitrogens with one attached hydrogen (secondary N) is 1. The molecule has 112 valence electrons. The second-order valence-corrected chi connectivity index (χ2v) is 20.9. The molecule has 4 nitrogen and oxygen atoms in total. The Balaban J connectivity index is 1.90. The predicted octanol–water partition coefficient (Wildman–Crippen LogP) is 3.13. The van der Waals surface area contributed by atoms with Crippen LogP contribution in [-0.2, 0) is 0 Å². The van der Waals surface area contributed by atoms with Gasteiger partial charge in [0.15, 0.2) is 0 Å². The van der Waals surface area contributed by atoms with Crippen molar-refractivity contribution in [3.05, 3.63) is 60.6 Å². The van der Waals surface area contributed by atoms with Crippen LogP contribution in [0.15, 0.2) is 54.9 Å². The number of para-hydroxylation sites is 1. The summed E-state index contributed by atoms with van der Waals surface area (Å²) in [5, 5.41) is 2.86. The van der Waals surface area contributed by atoms with Gasteiger partial charge in [-0.1, -0.05) is 0 Å². The van der Waals surface area contributed by atoms with E-state index in [0.717, 1.165) is 11.3 Å². The SMILES string of the molecule is [CH3][Sn]([CH3])([CH3])[c]1ccc2nc(C(=O)Nc3ccccc3)cn2c1. The zero-order valence-electron chi connectivity index (χ0n) is 13.0. The molecule has 3 rings (SSSR count). The molecule has 0 radical (unpaired) electrons. The van der Waals surface area contributed by atoms with Crippen molar-refractivity contribution in [3.8, 4) is 0 Å². The number of hydrogen-bond acceptors (Lipinski definition) is 2. The fraction of sp³-hybridized carbons (Fsp3) is 0.176. The van der Waals surface area contributed by atoms with Crippen molar-refractivity contribution < 1.29 is 4.79 Å². The Hall–Kier alpha value is -1.82. The monoisotopic (exact) mass is 401 g/mol. The molecule has 0 saturated heterocycles. The van der Waals surface area contributed by atoms with E-state index >= 15 is 0 Å². The molecule has 3 aromatic rings. The van der Waals surface area contributed by atoms with Crippen LogP contribution in [0, 0.1) is 0 Å². The van der Waals surface area contributed by atoms with Gasteiger partial charge >= 0.3 is 134 Å². The first kappa shape index (κ1) is 15.1. The summed E-state index contributed by atoms with van der Waals surface area (Å²) in [7, 11) is 0. The van der Waals surface area contributed by atoms with Gasteiger partial charge in [0.25, 0.3) is 0 Å². The topological polar surface area (TPSA) is 46.4 Å². The molecule has 1 N–H and O–H groups in total. The summed E-state index contributed by atoms with van der Waals surface area (Å²) < 4.78 is 3.37. The number of hydrogen-bond donors (Lipinski definition) is 1. The van der Waals surface area contributed by atoms with E-state index in [1.165, 1.54) is 3.58 Å². The molecule has 0 atom stereocenters. The number of benzene rings is 1. The van der Waals surface area contributed by atoms with Crippen molar-refractivity contribution in [3.63, 3.8) is 0 Å². The van der Waals surface area contributed by atoms with Crippen molar-refractivity contribution in [2.75, 3.05) is 5.32 Å². The van der Waals surface area contributed by atoms with E-state index in [9.17, 15) is 4.79 Å². The maximum atomic E-state index is 12.3. The quantitative estimate of drug-likeness (QED) is 0.687. The van der Waals surface area contributed by atoms with Crippen LogP contribution in [-0.4, -0.2) is 33.7 Å².